The summed E-state index contributed by atoms with van der Waals surface area (Å²) in [5.74, 6) is -0.0658. The summed E-state index contributed by atoms with van der Waals surface area (Å²) in [6.07, 6.45) is 3.37. The fourth-order valence-electron chi connectivity index (χ4n) is 1.91. The van der Waals surface area contributed by atoms with Gasteiger partial charge in [0.05, 0.1) is 11.8 Å². The van der Waals surface area contributed by atoms with Gasteiger partial charge in [-0.3, -0.25) is 4.79 Å². The Bertz CT molecular complexity index is 592. The Morgan fingerprint density at radius 3 is 2.89 bits per heavy atom. The molecule has 0 aliphatic heterocycles. The topological polar surface area (TPSA) is 85.8 Å². The van der Waals surface area contributed by atoms with Crippen LogP contribution in [0.1, 0.15) is 24.5 Å². The number of imidazole rings is 1. The van der Waals surface area contributed by atoms with Gasteiger partial charge in [0.15, 0.2) is 11.0 Å². The number of nitrogens with zero attached hydrogens (tertiary/aromatic N) is 5. The maximum atomic E-state index is 10.7. The zero-order valence-electron chi connectivity index (χ0n) is 10.9. The Labute approximate surface area is 114 Å². The summed E-state index contributed by atoms with van der Waals surface area (Å²) in [6, 6.07) is -0.0497. The molecule has 2 aromatic heterocycles. The third-order valence-corrected chi connectivity index (χ3v) is 3.73. The summed E-state index contributed by atoms with van der Waals surface area (Å²) < 4.78 is 3.81. The van der Waals surface area contributed by atoms with Crippen molar-refractivity contribution in [1.82, 2.24) is 24.3 Å². The Kier molecular flexibility index (Phi) is 3.89. The Morgan fingerprint density at radius 2 is 2.32 bits per heavy atom. The molecule has 19 heavy (non-hydrogen) atoms. The average Bonchev–Trinajstić information content (AvgIpc) is 2.92. The molecule has 2 heterocycles. The largest absolute Gasteiger partial charge is 0.481 e. The van der Waals surface area contributed by atoms with Crippen LogP contribution in [0.5, 0.6) is 0 Å². The lowest BCUT2D eigenvalue weighted by Crippen LogP contribution is -2.14. The molecule has 2 rings (SSSR count). The third kappa shape index (κ3) is 2.78. The first-order chi connectivity index (χ1) is 9.00. The predicted octanol–water partition coefficient (Wildman–Crippen LogP) is 1.11. The first-order valence-corrected chi connectivity index (χ1v) is 6.71. The van der Waals surface area contributed by atoms with Crippen LogP contribution >= 0.6 is 11.8 Å². The van der Waals surface area contributed by atoms with Crippen LogP contribution in [0.2, 0.25) is 0 Å². The van der Waals surface area contributed by atoms with Crippen LogP contribution in [0.3, 0.4) is 0 Å². The van der Waals surface area contributed by atoms with Crippen molar-refractivity contribution in [2.75, 3.05) is 5.75 Å². The monoisotopic (exact) mass is 281 g/mol. The molecule has 0 aliphatic rings. The molecule has 1 N–H and O–H groups in total. The van der Waals surface area contributed by atoms with Gasteiger partial charge < -0.3 is 14.2 Å². The molecule has 8 heteroatoms. The van der Waals surface area contributed by atoms with Crippen molar-refractivity contribution in [3.8, 4) is 0 Å². The van der Waals surface area contributed by atoms with Crippen LogP contribution in [-0.2, 0) is 11.8 Å². The SMILES string of the molecule is Cc1cnc(SCC(=O)O)n1C(C)c1nncn1C. The number of aryl methyl sites for hydroxylation is 2. The minimum absolute atomic E-state index is 0.0119. The normalized spacial score (nSPS) is 12.6. The van der Waals surface area contributed by atoms with Gasteiger partial charge in [0, 0.05) is 18.9 Å². The third-order valence-electron chi connectivity index (χ3n) is 2.78. The molecule has 1 atom stereocenters. The fraction of sp³-hybridized carbons (Fsp3) is 0.455. The highest BCUT2D eigenvalue weighted by Gasteiger charge is 2.19. The molecular weight excluding hydrogens is 266 g/mol. The van der Waals surface area contributed by atoms with E-state index in [1.807, 2.05) is 30.0 Å². The lowest BCUT2D eigenvalue weighted by molar-refractivity contribution is -0.133. The van der Waals surface area contributed by atoms with Gasteiger partial charge in [-0.25, -0.2) is 4.98 Å². The van der Waals surface area contributed by atoms with E-state index in [1.165, 1.54) is 11.8 Å². The van der Waals surface area contributed by atoms with Crippen LogP contribution in [0.25, 0.3) is 0 Å². The van der Waals surface area contributed by atoms with Crippen LogP contribution in [-0.4, -0.2) is 41.1 Å². The molecule has 2 aromatic rings. The number of carbonyl (C=O) groups is 1. The minimum Gasteiger partial charge on any atom is -0.481 e. The molecule has 0 spiro atoms. The molecule has 0 aliphatic carbocycles. The average molecular weight is 281 g/mol. The van der Waals surface area contributed by atoms with Crippen LogP contribution in [0, 0.1) is 6.92 Å². The van der Waals surface area contributed by atoms with Crippen LogP contribution < -0.4 is 0 Å². The molecule has 0 amide bonds. The molecule has 0 saturated heterocycles. The second kappa shape index (κ2) is 5.43. The van der Waals surface area contributed by atoms with E-state index < -0.39 is 5.97 Å². The van der Waals surface area contributed by atoms with Gasteiger partial charge in [0.2, 0.25) is 0 Å². The van der Waals surface area contributed by atoms with Crippen molar-refractivity contribution in [1.29, 1.82) is 0 Å². The number of carboxylic acids is 1. The van der Waals surface area contributed by atoms with Crippen molar-refractivity contribution < 1.29 is 9.90 Å². The van der Waals surface area contributed by atoms with E-state index in [4.69, 9.17) is 5.11 Å². The quantitative estimate of drug-likeness (QED) is 0.826. The summed E-state index contributed by atoms with van der Waals surface area (Å²) in [6.45, 7) is 3.92. The molecule has 1 unspecified atom stereocenters. The predicted molar refractivity (Wildman–Crippen MR) is 70.1 cm³/mol. The van der Waals surface area contributed by atoms with Gasteiger partial charge in [-0.1, -0.05) is 11.8 Å². The number of aromatic nitrogens is 5. The van der Waals surface area contributed by atoms with Gasteiger partial charge in [0.1, 0.15) is 6.33 Å². The molecule has 0 saturated carbocycles. The van der Waals surface area contributed by atoms with Crippen molar-refractivity contribution in [2.24, 2.45) is 7.05 Å². The van der Waals surface area contributed by atoms with Crippen molar-refractivity contribution in [2.45, 2.75) is 25.0 Å². The number of aliphatic carboxylic acids is 1. The summed E-state index contributed by atoms with van der Waals surface area (Å²) in [7, 11) is 1.88. The zero-order valence-corrected chi connectivity index (χ0v) is 11.8. The highest BCUT2D eigenvalue weighted by atomic mass is 32.2. The highest BCUT2D eigenvalue weighted by Crippen LogP contribution is 2.25. The molecular formula is C11H15N5O2S. The summed E-state index contributed by atoms with van der Waals surface area (Å²) in [5.41, 5.74) is 0.961. The van der Waals surface area contributed by atoms with Gasteiger partial charge in [-0.2, -0.15) is 0 Å². The second-order valence-corrected chi connectivity index (χ2v) is 5.15. The molecule has 0 fully saturated rings. The van der Waals surface area contributed by atoms with Crippen molar-refractivity contribution in [3.05, 3.63) is 24.0 Å². The molecule has 7 nitrogen and oxygen atoms in total. The number of carboxylic acid groups (broad SMARTS) is 1. The molecule has 0 radical (unpaired) electrons. The van der Waals surface area contributed by atoms with Crippen molar-refractivity contribution >= 4 is 17.7 Å². The van der Waals surface area contributed by atoms with Gasteiger partial charge in [-0.15, -0.1) is 10.2 Å². The number of hydrogen-bond donors (Lipinski definition) is 1. The Balaban J connectivity index is 2.31. The Hall–Kier alpha value is -1.83. The standard InChI is InChI=1S/C11H15N5O2S/c1-7-4-12-11(19-5-9(17)18)16(7)8(2)10-14-13-6-15(10)3/h4,6,8H,5H2,1-3H3,(H,17,18). The van der Waals surface area contributed by atoms with Crippen LogP contribution in [0.4, 0.5) is 0 Å². The molecule has 0 bridgehead atoms. The van der Waals surface area contributed by atoms with E-state index in [0.29, 0.717) is 5.16 Å². The van der Waals surface area contributed by atoms with Gasteiger partial charge in [0.25, 0.3) is 0 Å². The molecule has 102 valence electrons. The second-order valence-electron chi connectivity index (χ2n) is 4.21. The smallest absolute Gasteiger partial charge is 0.313 e. The number of hydrogen-bond acceptors (Lipinski definition) is 5. The lowest BCUT2D eigenvalue weighted by atomic mass is 10.3. The van der Waals surface area contributed by atoms with E-state index in [0.717, 1.165) is 11.5 Å². The first kappa shape index (κ1) is 13.6. The summed E-state index contributed by atoms with van der Waals surface area (Å²) >= 11 is 1.20. The molecule has 0 aromatic carbocycles. The van der Waals surface area contributed by atoms with E-state index in [2.05, 4.69) is 15.2 Å². The summed E-state index contributed by atoms with van der Waals surface area (Å²) in [5, 5.41) is 17.4. The number of thioether (sulfide) groups is 1. The minimum atomic E-state index is -0.858. The van der Waals surface area contributed by atoms with E-state index in [9.17, 15) is 4.79 Å². The van der Waals surface area contributed by atoms with Gasteiger partial charge in [-0.05, 0) is 13.8 Å². The van der Waals surface area contributed by atoms with Gasteiger partial charge >= 0.3 is 5.97 Å². The maximum absolute atomic E-state index is 10.7. The summed E-state index contributed by atoms with van der Waals surface area (Å²) in [4.78, 5) is 14.9. The van der Waals surface area contributed by atoms with Crippen LogP contribution in [0.15, 0.2) is 17.7 Å². The van der Waals surface area contributed by atoms with Crippen molar-refractivity contribution in [3.63, 3.8) is 0 Å². The maximum Gasteiger partial charge on any atom is 0.313 e. The van der Waals surface area contributed by atoms with E-state index >= 15 is 0 Å². The van der Waals surface area contributed by atoms with E-state index in [1.54, 1.807) is 12.5 Å². The Morgan fingerprint density at radius 1 is 1.58 bits per heavy atom. The number of rotatable bonds is 5. The zero-order chi connectivity index (χ0) is 14.0. The lowest BCUT2D eigenvalue weighted by Gasteiger charge is -2.16. The first-order valence-electron chi connectivity index (χ1n) is 5.73. The highest BCUT2D eigenvalue weighted by molar-refractivity contribution is 7.99. The van der Waals surface area contributed by atoms with E-state index in [-0.39, 0.29) is 11.8 Å². The fourth-order valence-corrected chi connectivity index (χ4v) is 2.73.